The summed E-state index contributed by atoms with van der Waals surface area (Å²) < 4.78 is 12.2. The summed E-state index contributed by atoms with van der Waals surface area (Å²) in [5, 5.41) is 8.20. The van der Waals surface area contributed by atoms with Gasteiger partial charge in [0.25, 0.3) is 0 Å². The number of hydrogen-bond donors (Lipinski definition) is 1. The number of carbonyl (C=O) groups is 2. The predicted molar refractivity (Wildman–Crippen MR) is 165 cm³/mol. The molecule has 1 N–H and O–H groups in total. The van der Waals surface area contributed by atoms with E-state index in [1.807, 2.05) is 53.7 Å². The largest absolute Gasteiger partial charge is 0.444 e. The molecule has 0 aliphatic carbocycles. The molecule has 1 aliphatic heterocycles. The van der Waals surface area contributed by atoms with Gasteiger partial charge in [-0.2, -0.15) is 9.78 Å². The standard InChI is InChI=1S/C32H36N8O4/c1-31(2,3)43-29(41)39-17-7-8-24(39)20-35-28-34-16-14-25(38-28)27-33-15-13-23(37-27)11-9-21-10-12-26-22(18-21)19-36-40(26)30(42)44-32(4,5)6/h10,12-16,18-19,24H,7-8,17,20H2,1-6H3,(H,34,35,38). The maximum atomic E-state index is 12.6. The first-order valence-electron chi connectivity index (χ1n) is 14.5. The monoisotopic (exact) mass is 596 g/mol. The van der Waals surface area contributed by atoms with Crippen molar-refractivity contribution in [3.63, 3.8) is 0 Å². The number of amides is 1. The second kappa shape index (κ2) is 12.3. The second-order valence-corrected chi connectivity index (χ2v) is 12.4. The van der Waals surface area contributed by atoms with Crippen LogP contribution in [0.1, 0.15) is 65.6 Å². The van der Waals surface area contributed by atoms with Gasteiger partial charge in [-0.3, -0.25) is 0 Å². The highest BCUT2D eigenvalue weighted by molar-refractivity contribution is 5.88. The summed E-state index contributed by atoms with van der Waals surface area (Å²) in [5.41, 5.74) is 1.26. The molecule has 12 heteroatoms. The number of fused-ring (bicyclic) bond motifs is 1. The van der Waals surface area contributed by atoms with E-state index in [0.717, 1.165) is 23.8 Å². The molecule has 1 fully saturated rings. The van der Waals surface area contributed by atoms with Crippen molar-refractivity contribution in [1.82, 2.24) is 34.6 Å². The zero-order valence-electron chi connectivity index (χ0n) is 25.8. The van der Waals surface area contributed by atoms with Crippen LogP contribution in [0.15, 0.2) is 48.9 Å². The highest BCUT2D eigenvalue weighted by Gasteiger charge is 2.32. The predicted octanol–water partition coefficient (Wildman–Crippen LogP) is 5.28. The molecule has 1 amide bonds. The number of nitrogens with one attached hydrogen (secondary N) is 1. The van der Waals surface area contributed by atoms with Gasteiger partial charge in [0.1, 0.15) is 22.6 Å². The quantitative estimate of drug-likeness (QED) is 0.310. The first-order chi connectivity index (χ1) is 20.8. The Labute approximate surface area is 256 Å². The summed E-state index contributed by atoms with van der Waals surface area (Å²) in [6.45, 7) is 12.2. The Balaban J connectivity index is 1.26. The van der Waals surface area contributed by atoms with E-state index >= 15 is 0 Å². The fraction of sp³-hybridized carbons (Fsp3) is 0.406. The normalized spacial score (nSPS) is 15.0. The first-order valence-corrected chi connectivity index (χ1v) is 14.5. The number of anilines is 1. The zero-order valence-corrected chi connectivity index (χ0v) is 25.8. The Kier molecular flexibility index (Phi) is 8.49. The SMILES string of the molecule is CC(C)(C)OC(=O)N1CCCC1CNc1nccc(-c2nccc(C#Cc3ccc4c(cnn4C(=O)OC(C)(C)C)c3)n2)n1. The second-order valence-electron chi connectivity index (χ2n) is 12.4. The van der Waals surface area contributed by atoms with Crippen LogP contribution in [-0.4, -0.2) is 77.1 Å². The number of aromatic nitrogens is 6. The summed E-state index contributed by atoms with van der Waals surface area (Å²) in [5.74, 6) is 7.02. The Morgan fingerprint density at radius 3 is 2.48 bits per heavy atom. The Hall–Kier alpha value is -5.05. The molecule has 1 saturated heterocycles. The van der Waals surface area contributed by atoms with E-state index in [0.29, 0.717) is 41.8 Å². The van der Waals surface area contributed by atoms with Gasteiger partial charge in [-0.05, 0) is 90.6 Å². The fourth-order valence-electron chi connectivity index (χ4n) is 4.64. The average molecular weight is 597 g/mol. The zero-order chi connectivity index (χ0) is 31.5. The summed E-state index contributed by atoms with van der Waals surface area (Å²) in [7, 11) is 0. The molecule has 4 heterocycles. The summed E-state index contributed by atoms with van der Waals surface area (Å²) in [6.07, 6.45) is 5.82. The minimum Gasteiger partial charge on any atom is -0.444 e. The Bertz CT molecular complexity index is 1740. The van der Waals surface area contributed by atoms with Crippen molar-refractivity contribution in [3.8, 4) is 23.4 Å². The van der Waals surface area contributed by atoms with E-state index < -0.39 is 17.3 Å². The molecule has 4 aromatic rings. The van der Waals surface area contributed by atoms with E-state index in [9.17, 15) is 9.59 Å². The topological polar surface area (TPSA) is 137 Å². The first kappa shape index (κ1) is 30.4. The van der Waals surface area contributed by atoms with Gasteiger partial charge < -0.3 is 19.7 Å². The number of hydrogen-bond acceptors (Lipinski definition) is 10. The molecule has 12 nitrogen and oxygen atoms in total. The lowest BCUT2D eigenvalue weighted by atomic mass is 10.1. The van der Waals surface area contributed by atoms with Crippen molar-refractivity contribution in [1.29, 1.82) is 0 Å². The minimum atomic E-state index is -0.623. The molecule has 0 spiro atoms. The lowest BCUT2D eigenvalue weighted by molar-refractivity contribution is 0.0234. The summed E-state index contributed by atoms with van der Waals surface area (Å²) >= 11 is 0. The number of nitrogens with zero attached hydrogens (tertiary/aromatic N) is 7. The van der Waals surface area contributed by atoms with Crippen LogP contribution in [0.25, 0.3) is 22.4 Å². The van der Waals surface area contributed by atoms with E-state index in [4.69, 9.17) is 9.47 Å². The molecule has 228 valence electrons. The number of benzene rings is 1. The third-order valence-electron chi connectivity index (χ3n) is 6.51. The Morgan fingerprint density at radius 1 is 0.955 bits per heavy atom. The van der Waals surface area contributed by atoms with Crippen LogP contribution >= 0.6 is 0 Å². The van der Waals surface area contributed by atoms with Crippen LogP contribution in [0.5, 0.6) is 0 Å². The summed E-state index contributed by atoms with van der Waals surface area (Å²) in [6, 6.07) is 8.90. The summed E-state index contributed by atoms with van der Waals surface area (Å²) in [4.78, 5) is 44.7. The maximum absolute atomic E-state index is 12.6. The van der Waals surface area contributed by atoms with Crippen molar-refractivity contribution in [2.45, 2.75) is 71.6 Å². The molecule has 0 bridgehead atoms. The van der Waals surface area contributed by atoms with Gasteiger partial charge in [0.15, 0.2) is 5.82 Å². The molecule has 0 saturated carbocycles. The lowest BCUT2D eigenvalue weighted by Crippen LogP contribution is -2.42. The highest BCUT2D eigenvalue weighted by Crippen LogP contribution is 2.22. The van der Waals surface area contributed by atoms with Gasteiger partial charge >= 0.3 is 12.2 Å². The van der Waals surface area contributed by atoms with Gasteiger partial charge in [0.2, 0.25) is 5.95 Å². The lowest BCUT2D eigenvalue weighted by Gasteiger charge is -2.28. The molecule has 3 aromatic heterocycles. The van der Waals surface area contributed by atoms with Crippen molar-refractivity contribution < 1.29 is 19.1 Å². The molecule has 44 heavy (non-hydrogen) atoms. The van der Waals surface area contributed by atoms with Crippen molar-refractivity contribution in [3.05, 3.63) is 60.2 Å². The van der Waals surface area contributed by atoms with Crippen LogP contribution in [0.2, 0.25) is 0 Å². The number of carbonyl (C=O) groups excluding carboxylic acids is 2. The third kappa shape index (κ3) is 7.66. The van der Waals surface area contributed by atoms with Gasteiger partial charge in [0, 0.05) is 36.4 Å². The van der Waals surface area contributed by atoms with Crippen LogP contribution in [0, 0.1) is 11.8 Å². The van der Waals surface area contributed by atoms with E-state index in [2.05, 4.69) is 42.2 Å². The average Bonchev–Trinajstić information content (AvgIpc) is 3.61. The minimum absolute atomic E-state index is 0.0159. The van der Waals surface area contributed by atoms with Crippen LogP contribution < -0.4 is 5.32 Å². The van der Waals surface area contributed by atoms with E-state index in [1.54, 1.807) is 41.7 Å². The highest BCUT2D eigenvalue weighted by atomic mass is 16.6. The van der Waals surface area contributed by atoms with Gasteiger partial charge in [-0.15, -0.1) is 0 Å². The molecule has 1 atom stereocenters. The molecular weight excluding hydrogens is 560 g/mol. The van der Waals surface area contributed by atoms with Crippen LogP contribution in [-0.2, 0) is 9.47 Å². The molecule has 1 aromatic carbocycles. The third-order valence-corrected chi connectivity index (χ3v) is 6.51. The maximum Gasteiger partial charge on any atom is 0.435 e. The molecule has 5 rings (SSSR count). The van der Waals surface area contributed by atoms with Crippen molar-refractivity contribution in [2.75, 3.05) is 18.4 Å². The smallest absolute Gasteiger partial charge is 0.435 e. The number of rotatable bonds is 4. The molecule has 0 radical (unpaired) electrons. The van der Waals surface area contributed by atoms with Gasteiger partial charge in [0.05, 0.1) is 17.8 Å². The van der Waals surface area contributed by atoms with E-state index in [-0.39, 0.29) is 12.1 Å². The van der Waals surface area contributed by atoms with Crippen LogP contribution in [0.3, 0.4) is 0 Å². The number of ether oxygens (including phenoxy) is 2. The number of likely N-dealkylation sites (tertiary alicyclic amines) is 1. The Morgan fingerprint density at radius 2 is 1.70 bits per heavy atom. The van der Waals surface area contributed by atoms with Crippen molar-refractivity contribution in [2.24, 2.45) is 0 Å². The van der Waals surface area contributed by atoms with Crippen molar-refractivity contribution >= 4 is 29.0 Å². The van der Waals surface area contributed by atoms with E-state index in [1.165, 1.54) is 4.68 Å². The van der Waals surface area contributed by atoms with Gasteiger partial charge in [-0.1, -0.05) is 5.92 Å². The van der Waals surface area contributed by atoms with Gasteiger partial charge in [-0.25, -0.2) is 29.5 Å². The molecule has 1 aliphatic rings. The molecular formula is C32H36N8O4. The molecule has 1 unspecified atom stereocenters. The van der Waals surface area contributed by atoms with Crippen LogP contribution in [0.4, 0.5) is 15.5 Å². The fourth-order valence-corrected chi connectivity index (χ4v) is 4.64.